The lowest BCUT2D eigenvalue weighted by Crippen LogP contribution is -2.22. The number of rotatable bonds is 3. The summed E-state index contributed by atoms with van der Waals surface area (Å²) in [5, 5.41) is 12.0. The lowest BCUT2D eigenvalue weighted by atomic mass is 10.0. The second-order valence-electron chi connectivity index (χ2n) is 5.06. The number of para-hydroxylation sites is 1. The van der Waals surface area contributed by atoms with E-state index in [1.807, 2.05) is 31.2 Å². The number of fused-ring (bicyclic) bond motifs is 1. The van der Waals surface area contributed by atoms with Gasteiger partial charge < -0.3 is 14.6 Å². The van der Waals surface area contributed by atoms with E-state index < -0.39 is 5.97 Å². The van der Waals surface area contributed by atoms with Crippen molar-refractivity contribution in [3.63, 3.8) is 0 Å². The molecule has 0 radical (unpaired) electrons. The van der Waals surface area contributed by atoms with E-state index in [4.69, 9.17) is 4.74 Å². The van der Waals surface area contributed by atoms with E-state index in [0.717, 1.165) is 11.1 Å². The molecule has 0 saturated carbocycles. The Hall–Kier alpha value is -2.88. The van der Waals surface area contributed by atoms with Gasteiger partial charge in [-0.3, -0.25) is 0 Å². The molecule has 0 aliphatic carbocycles. The topological polar surface area (TPSA) is 62.2 Å². The normalized spacial score (nSPS) is 10.6. The van der Waals surface area contributed by atoms with Gasteiger partial charge in [-0.05, 0) is 19.1 Å². The third kappa shape index (κ3) is 2.39. The van der Waals surface area contributed by atoms with Crippen molar-refractivity contribution < 1.29 is 14.6 Å². The Kier molecular flexibility index (Phi) is 3.51. The Balaban J connectivity index is 2.32. The largest absolute Gasteiger partial charge is 0.545 e. The summed E-state index contributed by atoms with van der Waals surface area (Å²) >= 11 is 0. The van der Waals surface area contributed by atoms with Crippen molar-refractivity contribution in [3.8, 4) is 17.0 Å². The number of pyridine rings is 1. The average molecular weight is 292 g/mol. The van der Waals surface area contributed by atoms with Crippen LogP contribution in [0.25, 0.3) is 22.2 Å². The van der Waals surface area contributed by atoms with Crippen LogP contribution < -0.4 is 9.84 Å². The van der Waals surface area contributed by atoms with E-state index >= 15 is 0 Å². The van der Waals surface area contributed by atoms with Crippen molar-refractivity contribution in [2.45, 2.75) is 6.92 Å². The molecular formula is C18H14NO3-. The van der Waals surface area contributed by atoms with Crippen LogP contribution in [0.1, 0.15) is 15.9 Å². The highest BCUT2D eigenvalue weighted by Crippen LogP contribution is 2.30. The van der Waals surface area contributed by atoms with Crippen LogP contribution >= 0.6 is 0 Å². The molecule has 3 aromatic rings. The Bertz CT molecular complexity index is 854. The molecule has 0 atom stereocenters. The summed E-state index contributed by atoms with van der Waals surface area (Å²) in [6, 6.07) is 14.5. The first-order chi connectivity index (χ1) is 10.6. The van der Waals surface area contributed by atoms with Crippen molar-refractivity contribution in [2.24, 2.45) is 0 Å². The molecule has 0 fully saturated rings. The summed E-state index contributed by atoms with van der Waals surface area (Å²) in [7, 11) is 1.54. The molecule has 0 aliphatic rings. The second-order valence-corrected chi connectivity index (χ2v) is 5.06. The Labute approximate surface area is 128 Å². The first kappa shape index (κ1) is 14.1. The lowest BCUT2D eigenvalue weighted by Gasteiger charge is -2.13. The number of carbonyl (C=O) groups is 1. The maximum Gasteiger partial charge on any atom is 0.145 e. The van der Waals surface area contributed by atoms with Crippen LogP contribution in [0.5, 0.6) is 5.75 Å². The van der Waals surface area contributed by atoms with E-state index in [-0.39, 0.29) is 5.56 Å². The quantitative estimate of drug-likeness (QED) is 0.744. The Morgan fingerprint density at radius 3 is 2.50 bits per heavy atom. The third-order valence-electron chi connectivity index (χ3n) is 3.59. The molecule has 0 bridgehead atoms. The van der Waals surface area contributed by atoms with Crippen molar-refractivity contribution in [1.29, 1.82) is 0 Å². The fourth-order valence-electron chi connectivity index (χ4n) is 2.43. The summed E-state index contributed by atoms with van der Waals surface area (Å²) in [6.45, 7) is 1.99. The molecule has 4 nitrogen and oxygen atoms in total. The highest BCUT2D eigenvalue weighted by atomic mass is 16.5. The number of aromatic carboxylic acids is 1. The number of hydrogen-bond acceptors (Lipinski definition) is 4. The van der Waals surface area contributed by atoms with Crippen molar-refractivity contribution >= 4 is 16.9 Å². The minimum atomic E-state index is -1.23. The van der Waals surface area contributed by atoms with Gasteiger partial charge in [0.25, 0.3) is 0 Å². The van der Waals surface area contributed by atoms with E-state index in [1.165, 1.54) is 7.11 Å². The number of benzene rings is 2. The molecular weight excluding hydrogens is 278 g/mol. The van der Waals surface area contributed by atoms with Crippen LogP contribution in [0.15, 0.2) is 48.5 Å². The SMILES string of the molecule is COc1cccc2c(C(=O)[O-])cc(-c3ccc(C)cc3)nc12. The minimum absolute atomic E-state index is 0.111. The van der Waals surface area contributed by atoms with Crippen molar-refractivity contribution in [3.05, 3.63) is 59.7 Å². The predicted molar refractivity (Wildman–Crippen MR) is 82.8 cm³/mol. The average Bonchev–Trinajstić information content (AvgIpc) is 2.53. The van der Waals surface area contributed by atoms with Gasteiger partial charge in [0.15, 0.2) is 0 Å². The zero-order chi connectivity index (χ0) is 15.7. The monoisotopic (exact) mass is 292 g/mol. The number of aromatic nitrogens is 1. The van der Waals surface area contributed by atoms with Crippen molar-refractivity contribution in [2.75, 3.05) is 7.11 Å². The molecule has 1 heterocycles. The van der Waals surface area contributed by atoms with Gasteiger partial charge in [-0.1, -0.05) is 42.0 Å². The van der Waals surface area contributed by atoms with E-state index in [1.54, 1.807) is 24.3 Å². The molecule has 22 heavy (non-hydrogen) atoms. The number of hydrogen-bond donors (Lipinski definition) is 0. The van der Waals surface area contributed by atoms with Gasteiger partial charge in [-0.15, -0.1) is 0 Å². The molecule has 2 aromatic carbocycles. The first-order valence-electron chi connectivity index (χ1n) is 6.86. The molecule has 3 rings (SSSR count). The summed E-state index contributed by atoms with van der Waals surface area (Å²) < 4.78 is 5.30. The van der Waals surface area contributed by atoms with Crippen LogP contribution in [-0.2, 0) is 0 Å². The molecule has 4 heteroatoms. The van der Waals surface area contributed by atoms with Crippen LogP contribution in [-0.4, -0.2) is 18.1 Å². The lowest BCUT2D eigenvalue weighted by molar-refractivity contribution is -0.254. The standard InChI is InChI=1S/C18H15NO3/c1-11-6-8-12(9-7-11)15-10-14(18(20)21)13-4-3-5-16(22-2)17(13)19-15/h3-10H,1-2H3,(H,20,21)/p-1. The zero-order valence-electron chi connectivity index (χ0n) is 12.3. The Morgan fingerprint density at radius 1 is 1.14 bits per heavy atom. The number of aryl methyl sites for hydroxylation is 1. The third-order valence-corrected chi connectivity index (χ3v) is 3.59. The van der Waals surface area contributed by atoms with Gasteiger partial charge in [-0.2, -0.15) is 0 Å². The number of methoxy groups -OCH3 is 1. The van der Waals surface area contributed by atoms with Gasteiger partial charge in [0.2, 0.25) is 0 Å². The fraction of sp³-hybridized carbons (Fsp3) is 0.111. The van der Waals surface area contributed by atoms with Crippen LogP contribution in [0.3, 0.4) is 0 Å². The number of carboxylic acids is 1. The van der Waals surface area contributed by atoms with Gasteiger partial charge in [0.05, 0.1) is 18.8 Å². The van der Waals surface area contributed by atoms with E-state index in [9.17, 15) is 9.90 Å². The second kappa shape index (κ2) is 5.48. The van der Waals surface area contributed by atoms with E-state index in [2.05, 4.69) is 4.98 Å². The summed E-state index contributed by atoms with van der Waals surface area (Å²) in [6.07, 6.45) is 0. The summed E-state index contributed by atoms with van der Waals surface area (Å²) in [5.74, 6) is -0.692. The Morgan fingerprint density at radius 2 is 1.86 bits per heavy atom. The predicted octanol–water partition coefficient (Wildman–Crippen LogP) is 2.58. The first-order valence-corrected chi connectivity index (χ1v) is 6.86. The van der Waals surface area contributed by atoms with Gasteiger partial charge in [0, 0.05) is 16.5 Å². The summed E-state index contributed by atoms with van der Waals surface area (Å²) in [5.41, 5.74) is 3.18. The minimum Gasteiger partial charge on any atom is -0.545 e. The van der Waals surface area contributed by atoms with Gasteiger partial charge in [-0.25, -0.2) is 4.98 Å². The summed E-state index contributed by atoms with van der Waals surface area (Å²) in [4.78, 5) is 16.0. The van der Waals surface area contributed by atoms with Crippen LogP contribution in [0.2, 0.25) is 0 Å². The maximum absolute atomic E-state index is 11.5. The number of carbonyl (C=O) groups excluding carboxylic acids is 1. The number of ether oxygens (including phenoxy) is 1. The van der Waals surface area contributed by atoms with Crippen molar-refractivity contribution in [1.82, 2.24) is 4.98 Å². The molecule has 0 N–H and O–H groups in total. The fourth-order valence-corrected chi connectivity index (χ4v) is 2.43. The van der Waals surface area contributed by atoms with Gasteiger partial charge in [0.1, 0.15) is 11.3 Å². The molecule has 0 spiro atoms. The highest BCUT2D eigenvalue weighted by molar-refractivity contribution is 6.04. The molecule has 110 valence electrons. The van der Waals surface area contributed by atoms with Crippen LogP contribution in [0.4, 0.5) is 0 Å². The number of nitrogens with zero attached hydrogens (tertiary/aromatic N) is 1. The smallest absolute Gasteiger partial charge is 0.145 e. The molecule has 0 saturated heterocycles. The maximum atomic E-state index is 11.5. The molecule has 0 amide bonds. The van der Waals surface area contributed by atoms with E-state index in [0.29, 0.717) is 22.3 Å². The molecule has 1 aromatic heterocycles. The number of carboxylic acid groups (broad SMARTS) is 1. The highest BCUT2D eigenvalue weighted by Gasteiger charge is 2.11. The van der Waals surface area contributed by atoms with Gasteiger partial charge >= 0.3 is 0 Å². The van der Waals surface area contributed by atoms with Crippen LogP contribution in [0, 0.1) is 6.92 Å². The molecule has 0 aliphatic heterocycles. The molecule has 0 unspecified atom stereocenters. The zero-order valence-corrected chi connectivity index (χ0v) is 12.3.